The van der Waals surface area contributed by atoms with Crippen molar-refractivity contribution in [2.75, 3.05) is 11.9 Å². The van der Waals surface area contributed by atoms with Gasteiger partial charge in [0.25, 0.3) is 0 Å². The molecular formula is C14H14FN3O2. The molecule has 1 heterocycles. The number of halogens is 1. The van der Waals surface area contributed by atoms with E-state index in [1.807, 2.05) is 6.92 Å². The Hall–Kier alpha value is -2.50. The number of aromatic nitrogens is 2. The predicted octanol–water partition coefficient (Wildman–Crippen LogP) is 2.20. The number of hydrogen-bond donors (Lipinski definition) is 1. The van der Waals surface area contributed by atoms with Crippen LogP contribution in [0.25, 0.3) is 0 Å². The van der Waals surface area contributed by atoms with Crippen LogP contribution in [0.15, 0.2) is 36.7 Å². The quantitative estimate of drug-likeness (QED) is 0.908. The zero-order valence-electron chi connectivity index (χ0n) is 11.0. The Labute approximate surface area is 115 Å². The van der Waals surface area contributed by atoms with Crippen LogP contribution in [0.3, 0.4) is 0 Å². The van der Waals surface area contributed by atoms with Crippen LogP contribution >= 0.6 is 0 Å². The van der Waals surface area contributed by atoms with E-state index in [0.717, 1.165) is 0 Å². The molecule has 5 nitrogen and oxygen atoms in total. The Kier molecular flexibility index (Phi) is 4.60. The smallest absolute Gasteiger partial charge is 0.316 e. The van der Waals surface area contributed by atoms with Gasteiger partial charge in [-0.15, -0.1) is 0 Å². The molecule has 0 atom stereocenters. The van der Waals surface area contributed by atoms with Crippen LogP contribution in [-0.4, -0.2) is 22.5 Å². The molecule has 0 fully saturated rings. The fourth-order valence-corrected chi connectivity index (χ4v) is 1.60. The fraction of sp³-hybridized carbons (Fsp3) is 0.214. The van der Waals surface area contributed by atoms with Gasteiger partial charge in [-0.1, -0.05) is 18.2 Å². The molecular weight excluding hydrogens is 261 g/mol. The van der Waals surface area contributed by atoms with Crippen molar-refractivity contribution >= 4 is 11.6 Å². The van der Waals surface area contributed by atoms with Gasteiger partial charge in [-0.2, -0.15) is 0 Å². The molecule has 1 amide bonds. The van der Waals surface area contributed by atoms with E-state index >= 15 is 0 Å². The van der Waals surface area contributed by atoms with Crippen molar-refractivity contribution in [2.45, 2.75) is 13.3 Å². The second-order valence-electron chi connectivity index (χ2n) is 4.00. The normalized spacial score (nSPS) is 10.1. The lowest BCUT2D eigenvalue weighted by molar-refractivity contribution is -0.115. The minimum absolute atomic E-state index is 0.0418. The van der Waals surface area contributed by atoms with Gasteiger partial charge in [0.1, 0.15) is 5.82 Å². The first-order chi connectivity index (χ1) is 9.69. The van der Waals surface area contributed by atoms with Gasteiger partial charge in [0.2, 0.25) is 5.91 Å². The summed E-state index contributed by atoms with van der Waals surface area (Å²) in [7, 11) is 0. The molecule has 0 radical (unpaired) electrons. The van der Waals surface area contributed by atoms with Crippen LogP contribution in [0.4, 0.5) is 10.1 Å². The van der Waals surface area contributed by atoms with Gasteiger partial charge < -0.3 is 10.1 Å². The van der Waals surface area contributed by atoms with Gasteiger partial charge in [0.05, 0.1) is 31.1 Å². The van der Waals surface area contributed by atoms with Crippen LogP contribution in [0.5, 0.6) is 6.01 Å². The van der Waals surface area contributed by atoms with Gasteiger partial charge in [0, 0.05) is 0 Å². The monoisotopic (exact) mass is 275 g/mol. The highest BCUT2D eigenvalue weighted by molar-refractivity contribution is 5.91. The molecule has 0 spiro atoms. The fourth-order valence-electron chi connectivity index (χ4n) is 1.60. The number of ether oxygens (including phenoxy) is 1. The molecule has 2 aromatic rings. The predicted molar refractivity (Wildman–Crippen MR) is 71.9 cm³/mol. The zero-order valence-corrected chi connectivity index (χ0v) is 11.0. The van der Waals surface area contributed by atoms with Crippen molar-refractivity contribution in [2.24, 2.45) is 0 Å². The summed E-state index contributed by atoms with van der Waals surface area (Å²) >= 11 is 0. The van der Waals surface area contributed by atoms with E-state index in [2.05, 4.69) is 15.3 Å². The summed E-state index contributed by atoms with van der Waals surface area (Å²) < 4.78 is 18.5. The van der Waals surface area contributed by atoms with E-state index < -0.39 is 5.82 Å². The van der Waals surface area contributed by atoms with Crippen molar-refractivity contribution in [3.63, 3.8) is 0 Å². The maximum absolute atomic E-state index is 13.4. The highest BCUT2D eigenvalue weighted by Gasteiger charge is 2.08. The maximum atomic E-state index is 13.4. The topological polar surface area (TPSA) is 64.1 Å². The Morgan fingerprint density at radius 2 is 2.00 bits per heavy atom. The number of benzene rings is 1. The van der Waals surface area contributed by atoms with Crippen molar-refractivity contribution in [3.05, 3.63) is 48.0 Å². The summed E-state index contributed by atoms with van der Waals surface area (Å²) in [6.07, 6.45) is 2.84. The molecule has 0 unspecified atom stereocenters. The number of carbonyl (C=O) groups excluding carboxylic acids is 1. The zero-order chi connectivity index (χ0) is 14.4. The molecule has 0 bridgehead atoms. The minimum atomic E-state index is -0.398. The molecule has 2 rings (SSSR count). The first-order valence-corrected chi connectivity index (χ1v) is 6.17. The summed E-state index contributed by atoms with van der Waals surface area (Å²) in [5, 5.41) is 2.60. The van der Waals surface area contributed by atoms with Crippen molar-refractivity contribution in [1.82, 2.24) is 9.97 Å². The van der Waals surface area contributed by atoms with Crippen molar-refractivity contribution < 1.29 is 13.9 Å². The molecule has 1 aromatic heterocycles. The molecule has 0 aliphatic carbocycles. The summed E-state index contributed by atoms with van der Waals surface area (Å²) in [5.74, 6) is -0.728. The largest absolute Gasteiger partial charge is 0.464 e. The summed E-state index contributed by atoms with van der Waals surface area (Å²) in [6, 6.07) is 6.41. The van der Waals surface area contributed by atoms with Gasteiger partial charge in [-0.05, 0) is 18.6 Å². The third-order valence-electron chi connectivity index (χ3n) is 2.49. The van der Waals surface area contributed by atoms with E-state index in [4.69, 9.17) is 4.74 Å². The third-order valence-corrected chi connectivity index (χ3v) is 2.49. The molecule has 0 saturated heterocycles. The van der Waals surface area contributed by atoms with E-state index in [0.29, 0.717) is 17.9 Å². The molecule has 104 valence electrons. The second kappa shape index (κ2) is 6.60. The lowest BCUT2D eigenvalue weighted by atomic mass is 10.1. The van der Waals surface area contributed by atoms with E-state index in [1.54, 1.807) is 18.2 Å². The van der Waals surface area contributed by atoms with Crippen LogP contribution in [0.1, 0.15) is 12.5 Å². The number of nitrogens with one attached hydrogen (secondary N) is 1. The third kappa shape index (κ3) is 3.74. The van der Waals surface area contributed by atoms with Crippen molar-refractivity contribution in [3.8, 4) is 6.01 Å². The standard InChI is InChI=1S/C14H14FN3O2/c1-2-20-14-16-8-11(9-17-14)18-13(19)7-10-5-3-4-6-12(10)15/h3-6,8-9H,2,7H2,1H3,(H,18,19). The summed E-state index contributed by atoms with van der Waals surface area (Å²) in [4.78, 5) is 19.6. The van der Waals surface area contributed by atoms with Gasteiger partial charge in [-0.3, -0.25) is 4.79 Å². The molecule has 0 saturated carbocycles. The molecule has 1 aromatic carbocycles. The van der Waals surface area contributed by atoms with E-state index in [9.17, 15) is 9.18 Å². The van der Waals surface area contributed by atoms with Gasteiger partial charge in [0.15, 0.2) is 0 Å². The average molecular weight is 275 g/mol. The lowest BCUT2D eigenvalue weighted by Gasteiger charge is -2.06. The number of amides is 1. The second-order valence-corrected chi connectivity index (χ2v) is 4.00. The highest BCUT2D eigenvalue weighted by Crippen LogP contribution is 2.10. The highest BCUT2D eigenvalue weighted by atomic mass is 19.1. The molecule has 0 aliphatic heterocycles. The average Bonchev–Trinajstić information content (AvgIpc) is 2.44. The maximum Gasteiger partial charge on any atom is 0.316 e. The first-order valence-electron chi connectivity index (χ1n) is 6.17. The van der Waals surface area contributed by atoms with Crippen LogP contribution in [0.2, 0.25) is 0 Å². The molecule has 0 aliphatic rings. The Morgan fingerprint density at radius 1 is 1.30 bits per heavy atom. The summed E-state index contributed by atoms with van der Waals surface area (Å²) in [6.45, 7) is 2.30. The Morgan fingerprint density at radius 3 is 2.65 bits per heavy atom. The minimum Gasteiger partial charge on any atom is -0.464 e. The van der Waals surface area contributed by atoms with Crippen LogP contribution < -0.4 is 10.1 Å². The SMILES string of the molecule is CCOc1ncc(NC(=O)Cc2ccccc2F)cn1. The van der Waals surface area contributed by atoms with Gasteiger partial charge >= 0.3 is 6.01 Å². The first kappa shape index (κ1) is 13.9. The number of nitrogens with zero attached hydrogens (tertiary/aromatic N) is 2. The number of carbonyl (C=O) groups is 1. The lowest BCUT2D eigenvalue weighted by Crippen LogP contribution is -2.15. The molecule has 6 heteroatoms. The van der Waals surface area contributed by atoms with Crippen LogP contribution in [-0.2, 0) is 11.2 Å². The Balaban J connectivity index is 1.96. The number of hydrogen-bond acceptors (Lipinski definition) is 4. The molecule has 20 heavy (non-hydrogen) atoms. The molecule has 1 N–H and O–H groups in total. The number of anilines is 1. The number of rotatable bonds is 5. The van der Waals surface area contributed by atoms with E-state index in [-0.39, 0.29) is 18.3 Å². The van der Waals surface area contributed by atoms with Crippen molar-refractivity contribution in [1.29, 1.82) is 0 Å². The summed E-state index contributed by atoms with van der Waals surface area (Å²) in [5.41, 5.74) is 0.784. The Bertz CT molecular complexity index is 587. The van der Waals surface area contributed by atoms with Crippen LogP contribution in [0, 0.1) is 5.82 Å². The van der Waals surface area contributed by atoms with Gasteiger partial charge in [-0.25, -0.2) is 14.4 Å². The van der Waals surface area contributed by atoms with E-state index in [1.165, 1.54) is 18.5 Å².